The minimum absolute atomic E-state index is 0.267. The van der Waals surface area contributed by atoms with Crippen molar-refractivity contribution in [3.8, 4) is 0 Å². The van der Waals surface area contributed by atoms with Gasteiger partial charge in [-0.25, -0.2) is 8.78 Å². The molecule has 1 amide bonds. The first-order valence-electron chi connectivity index (χ1n) is 3.60. The quantitative estimate of drug-likeness (QED) is 0.509. The van der Waals surface area contributed by atoms with E-state index in [1.54, 1.807) is 10.2 Å². The molecule has 0 saturated carbocycles. The van der Waals surface area contributed by atoms with Gasteiger partial charge in [0, 0.05) is 13.2 Å². The molecular weight excluding hydrogens is 203 g/mol. The van der Waals surface area contributed by atoms with Gasteiger partial charge in [0.1, 0.15) is 10.2 Å². The zero-order valence-electron chi connectivity index (χ0n) is 6.78. The summed E-state index contributed by atoms with van der Waals surface area (Å²) in [6.07, 6.45) is 2.56. The van der Waals surface area contributed by atoms with Gasteiger partial charge in [0.25, 0.3) is 5.55 Å². The molecule has 13 heavy (non-hydrogen) atoms. The molecule has 0 unspecified atom stereocenters. The van der Waals surface area contributed by atoms with Gasteiger partial charge in [0.2, 0.25) is 0 Å². The Hall–Kier alpha value is -0.563. The molecule has 7 heteroatoms. The van der Waals surface area contributed by atoms with E-state index in [9.17, 15) is 18.1 Å². The largest absolute Gasteiger partial charge is 0.381 e. The molecule has 1 heterocycles. The molecule has 0 aromatic heterocycles. The molecule has 1 rings (SSSR count). The first kappa shape index (κ1) is 12.4. The van der Waals surface area contributed by atoms with Gasteiger partial charge in [-0.1, -0.05) is 0 Å². The number of rotatable bonds is 1. The predicted molar refractivity (Wildman–Crippen MR) is 40.0 cm³/mol. The Bertz CT molecular complexity index is 151. The topological polar surface area (TPSA) is 38.3 Å². The van der Waals surface area contributed by atoms with Gasteiger partial charge >= 0.3 is 5.91 Å². The first-order valence-corrected chi connectivity index (χ1v) is 4.10. The number of hydrogen-bond acceptors (Lipinski definition) is 2. The smallest absolute Gasteiger partial charge is 0.312 e. The van der Waals surface area contributed by atoms with Gasteiger partial charge in [-0.15, -0.1) is 4.48 Å². The lowest BCUT2D eigenvalue weighted by Crippen LogP contribution is -2.36. The minimum atomic E-state index is -3.81. The molecule has 0 bridgehead atoms. The summed E-state index contributed by atoms with van der Waals surface area (Å²) in [6.45, 7) is 2.00. The second-order valence-electron chi connectivity index (χ2n) is 2.32. The monoisotopic (exact) mass is 212 g/mol. The average molecular weight is 212 g/mol. The van der Waals surface area contributed by atoms with Crippen molar-refractivity contribution < 1.29 is 22.8 Å². The summed E-state index contributed by atoms with van der Waals surface area (Å²) in [6, 6.07) is 0. The van der Waals surface area contributed by atoms with Crippen LogP contribution in [0.25, 0.3) is 0 Å². The SMILES string of the molecule is C1CCOC1.O=C(NF)C(F)(F)[Si]. The summed E-state index contributed by atoms with van der Waals surface area (Å²) in [5.74, 6) is -2.01. The second-order valence-corrected chi connectivity index (χ2v) is 2.95. The van der Waals surface area contributed by atoms with E-state index in [-0.39, 0.29) is 5.54 Å². The number of hydrogen-bond donors (Lipinski definition) is 1. The zero-order valence-corrected chi connectivity index (χ0v) is 7.78. The molecule has 3 radical (unpaired) electrons. The van der Waals surface area contributed by atoms with E-state index in [4.69, 9.17) is 4.74 Å². The van der Waals surface area contributed by atoms with Crippen molar-refractivity contribution in [1.82, 2.24) is 5.54 Å². The third-order valence-corrected chi connectivity index (χ3v) is 1.43. The fraction of sp³-hybridized carbons (Fsp3) is 0.833. The van der Waals surface area contributed by atoms with Gasteiger partial charge in [0.05, 0.1) is 0 Å². The number of carbonyl (C=O) groups excluding carboxylic acids is 1. The fourth-order valence-corrected chi connectivity index (χ4v) is 0.617. The van der Waals surface area contributed by atoms with Gasteiger partial charge < -0.3 is 4.74 Å². The Morgan fingerprint density at radius 1 is 1.38 bits per heavy atom. The molecule has 0 aromatic rings. The molecular formula is C6H9F3NO2Si. The Morgan fingerprint density at radius 2 is 1.85 bits per heavy atom. The molecule has 1 aliphatic heterocycles. The average Bonchev–Trinajstić information content (AvgIpc) is 2.58. The molecule has 1 saturated heterocycles. The van der Waals surface area contributed by atoms with E-state index < -0.39 is 11.5 Å². The highest BCUT2D eigenvalue weighted by Gasteiger charge is 2.31. The summed E-state index contributed by atoms with van der Waals surface area (Å²) in [5.41, 5.74) is -3.54. The van der Waals surface area contributed by atoms with Crippen LogP contribution < -0.4 is 5.54 Å². The third-order valence-electron chi connectivity index (χ3n) is 1.20. The standard InChI is InChI=1S/C4H8O.C2HF3NOSi/c1-2-4-5-3-1;3-2(4,8)1(7)6-5/h1-4H2;(H,6,7). The van der Waals surface area contributed by atoms with E-state index in [1.807, 2.05) is 0 Å². The maximum absolute atomic E-state index is 11.4. The molecule has 3 nitrogen and oxygen atoms in total. The molecule has 1 N–H and O–H groups in total. The molecule has 75 valence electrons. The molecule has 1 aliphatic rings. The van der Waals surface area contributed by atoms with E-state index in [0.29, 0.717) is 0 Å². The van der Waals surface area contributed by atoms with Crippen LogP contribution in [0.5, 0.6) is 0 Å². The summed E-state index contributed by atoms with van der Waals surface area (Å²) in [4.78, 5) is 9.55. The lowest BCUT2D eigenvalue weighted by Gasteiger charge is -2.03. The van der Waals surface area contributed by atoms with Crippen molar-refractivity contribution in [1.29, 1.82) is 0 Å². The normalized spacial score (nSPS) is 16.0. The lowest BCUT2D eigenvalue weighted by atomic mass is 10.4. The second kappa shape index (κ2) is 5.98. The Labute approximate surface area is 77.0 Å². The summed E-state index contributed by atoms with van der Waals surface area (Å²) >= 11 is 0. The Kier molecular flexibility index (Phi) is 5.72. The van der Waals surface area contributed by atoms with E-state index in [1.165, 1.54) is 12.8 Å². The van der Waals surface area contributed by atoms with Gasteiger partial charge in [0.15, 0.2) is 0 Å². The van der Waals surface area contributed by atoms with Crippen LogP contribution in [0.1, 0.15) is 12.8 Å². The highest BCUT2D eigenvalue weighted by molar-refractivity contribution is 6.25. The number of alkyl halides is 2. The van der Waals surface area contributed by atoms with Crippen LogP contribution in [0.4, 0.5) is 13.3 Å². The van der Waals surface area contributed by atoms with E-state index in [2.05, 4.69) is 0 Å². The Morgan fingerprint density at radius 3 is 1.92 bits per heavy atom. The molecule has 0 atom stereocenters. The van der Waals surface area contributed by atoms with Gasteiger partial charge in [-0.05, 0) is 12.8 Å². The third kappa shape index (κ3) is 6.58. The number of ether oxygens (including phenoxy) is 1. The van der Waals surface area contributed by atoms with Crippen LogP contribution >= 0.6 is 0 Å². The number of nitrogens with one attached hydrogen (secondary N) is 1. The predicted octanol–water partition coefficient (Wildman–Crippen LogP) is 0.545. The molecule has 0 aromatic carbocycles. The molecule has 0 spiro atoms. The van der Waals surface area contributed by atoms with Crippen molar-refractivity contribution in [2.24, 2.45) is 0 Å². The number of halogens is 3. The summed E-state index contributed by atoms with van der Waals surface area (Å²) in [5, 5.41) is 0. The van der Waals surface area contributed by atoms with Crippen LogP contribution in [0.3, 0.4) is 0 Å². The van der Waals surface area contributed by atoms with Crippen molar-refractivity contribution in [3.05, 3.63) is 0 Å². The van der Waals surface area contributed by atoms with Crippen LogP contribution in [-0.4, -0.2) is 34.9 Å². The summed E-state index contributed by atoms with van der Waals surface area (Å²) < 4.78 is 38.5. The first-order chi connectivity index (χ1) is 5.98. The van der Waals surface area contributed by atoms with E-state index >= 15 is 0 Å². The van der Waals surface area contributed by atoms with Crippen LogP contribution in [0, 0.1) is 0 Å². The molecule has 0 aliphatic carbocycles. The fourth-order valence-electron chi connectivity index (χ4n) is 0.570. The number of amides is 1. The molecule has 1 fully saturated rings. The van der Waals surface area contributed by atoms with Crippen LogP contribution in [0.2, 0.25) is 0 Å². The van der Waals surface area contributed by atoms with Crippen molar-refractivity contribution in [2.45, 2.75) is 18.4 Å². The highest BCUT2D eigenvalue weighted by Crippen LogP contribution is 2.05. The Balaban J connectivity index is 0.000000243. The summed E-state index contributed by atoms with van der Waals surface area (Å²) in [7, 11) is 1.67. The maximum Gasteiger partial charge on any atom is 0.312 e. The number of carbonyl (C=O) groups is 1. The highest BCUT2D eigenvalue weighted by atomic mass is 28.1. The van der Waals surface area contributed by atoms with Crippen molar-refractivity contribution in [2.75, 3.05) is 13.2 Å². The van der Waals surface area contributed by atoms with Crippen LogP contribution in [-0.2, 0) is 9.53 Å². The lowest BCUT2D eigenvalue weighted by molar-refractivity contribution is -0.140. The maximum atomic E-state index is 11.4. The zero-order chi connectivity index (χ0) is 10.3. The van der Waals surface area contributed by atoms with Crippen molar-refractivity contribution in [3.63, 3.8) is 0 Å². The van der Waals surface area contributed by atoms with Gasteiger partial charge in [-0.2, -0.15) is 5.54 Å². The van der Waals surface area contributed by atoms with Crippen molar-refractivity contribution >= 4 is 16.1 Å². The van der Waals surface area contributed by atoms with Crippen LogP contribution in [0.15, 0.2) is 0 Å². The minimum Gasteiger partial charge on any atom is -0.381 e. The van der Waals surface area contributed by atoms with Gasteiger partial charge in [-0.3, -0.25) is 4.79 Å². The van der Waals surface area contributed by atoms with E-state index in [0.717, 1.165) is 13.2 Å².